The van der Waals surface area contributed by atoms with Gasteiger partial charge in [-0.2, -0.15) is 0 Å². The lowest BCUT2D eigenvalue weighted by Gasteiger charge is -2.09. The number of anilines is 2. The summed E-state index contributed by atoms with van der Waals surface area (Å²) in [5.41, 5.74) is 1.35. The van der Waals surface area contributed by atoms with Crippen LogP contribution < -0.4 is 10.6 Å². The first-order valence-corrected chi connectivity index (χ1v) is 8.82. The summed E-state index contributed by atoms with van der Waals surface area (Å²) in [5.74, 6) is -1.85. The largest absolute Gasteiger partial charge is 0.462 e. The smallest absolute Gasteiger partial charge is 0.347 e. The van der Waals surface area contributed by atoms with E-state index in [1.54, 1.807) is 50.2 Å². The van der Waals surface area contributed by atoms with E-state index in [4.69, 9.17) is 9.47 Å². The van der Waals surface area contributed by atoms with Crippen LogP contribution in [-0.4, -0.2) is 31.1 Å². The minimum atomic E-state index is -0.786. The number of hydrogen-bond donors (Lipinski definition) is 2. The lowest BCUT2D eigenvalue weighted by atomic mass is 10.1. The van der Waals surface area contributed by atoms with Gasteiger partial charge < -0.3 is 20.1 Å². The zero-order valence-electron chi connectivity index (χ0n) is 15.7. The molecule has 0 aliphatic heterocycles. The molecule has 2 aromatic carbocycles. The molecule has 0 fully saturated rings. The van der Waals surface area contributed by atoms with Crippen molar-refractivity contribution in [2.75, 3.05) is 23.8 Å². The second-order valence-corrected chi connectivity index (χ2v) is 5.54. The molecule has 0 aliphatic rings. The van der Waals surface area contributed by atoms with Gasteiger partial charge in [-0.25, -0.2) is 9.59 Å². The fraction of sp³-hybridized carbons (Fsp3) is 0.190. The molecule has 2 N–H and O–H groups in total. The number of rotatable bonds is 8. The van der Waals surface area contributed by atoms with Crippen molar-refractivity contribution in [2.45, 2.75) is 13.8 Å². The van der Waals surface area contributed by atoms with Gasteiger partial charge in [0, 0.05) is 23.1 Å². The molecule has 0 heterocycles. The topological polar surface area (TPSA) is 93.7 Å². The van der Waals surface area contributed by atoms with E-state index in [1.807, 2.05) is 18.2 Å². The van der Waals surface area contributed by atoms with E-state index >= 15 is 0 Å². The van der Waals surface area contributed by atoms with E-state index < -0.39 is 11.9 Å². The summed E-state index contributed by atoms with van der Waals surface area (Å²) in [7, 11) is 0. The first-order valence-electron chi connectivity index (χ1n) is 8.82. The second-order valence-electron chi connectivity index (χ2n) is 5.54. The maximum absolute atomic E-state index is 12.4. The van der Waals surface area contributed by atoms with Gasteiger partial charge in [0.05, 0.1) is 13.2 Å². The second kappa shape index (κ2) is 10.5. The number of nitrogens with one attached hydrogen (secondary N) is 2. The van der Waals surface area contributed by atoms with Crippen molar-refractivity contribution in [2.24, 2.45) is 0 Å². The molecule has 7 heteroatoms. The van der Waals surface area contributed by atoms with E-state index in [0.717, 1.165) is 0 Å². The van der Waals surface area contributed by atoms with Crippen molar-refractivity contribution in [3.05, 3.63) is 71.9 Å². The van der Waals surface area contributed by atoms with Crippen LogP contribution in [-0.2, 0) is 19.1 Å². The van der Waals surface area contributed by atoms with E-state index in [2.05, 4.69) is 10.6 Å². The third-order valence-electron chi connectivity index (χ3n) is 3.53. The number of benzene rings is 2. The molecule has 0 radical (unpaired) electrons. The van der Waals surface area contributed by atoms with E-state index in [9.17, 15) is 14.4 Å². The normalized spacial score (nSPS) is 9.79. The van der Waals surface area contributed by atoms with Gasteiger partial charge in [-0.15, -0.1) is 0 Å². The lowest BCUT2D eigenvalue weighted by molar-refractivity contribution is -0.146. The molecule has 0 atom stereocenters. The van der Waals surface area contributed by atoms with Gasteiger partial charge in [0.15, 0.2) is 5.57 Å². The summed E-state index contributed by atoms with van der Waals surface area (Å²) in [6.07, 6.45) is 1.21. The van der Waals surface area contributed by atoms with Crippen LogP contribution in [0.3, 0.4) is 0 Å². The van der Waals surface area contributed by atoms with Crippen LogP contribution in [0, 0.1) is 0 Å². The van der Waals surface area contributed by atoms with E-state index in [1.165, 1.54) is 6.20 Å². The Morgan fingerprint density at radius 2 is 1.46 bits per heavy atom. The number of carbonyl (C=O) groups excluding carboxylic acids is 3. The van der Waals surface area contributed by atoms with E-state index in [0.29, 0.717) is 16.9 Å². The maximum atomic E-state index is 12.4. The average Bonchev–Trinajstić information content (AvgIpc) is 2.69. The lowest BCUT2D eigenvalue weighted by Crippen LogP contribution is -2.19. The van der Waals surface area contributed by atoms with E-state index in [-0.39, 0.29) is 24.7 Å². The molecule has 146 valence electrons. The molecule has 0 saturated heterocycles. The Morgan fingerprint density at radius 1 is 0.857 bits per heavy atom. The van der Waals surface area contributed by atoms with Gasteiger partial charge in [-0.1, -0.05) is 24.3 Å². The van der Waals surface area contributed by atoms with Crippen molar-refractivity contribution in [3.63, 3.8) is 0 Å². The van der Waals surface area contributed by atoms with Gasteiger partial charge in [0.1, 0.15) is 0 Å². The summed E-state index contributed by atoms with van der Waals surface area (Å²) in [6.45, 7) is 3.54. The minimum Gasteiger partial charge on any atom is -0.462 e. The summed E-state index contributed by atoms with van der Waals surface area (Å²) < 4.78 is 9.75. The van der Waals surface area contributed by atoms with Crippen molar-refractivity contribution in [1.29, 1.82) is 0 Å². The van der Waals surface area contributed by atoms with Crippen LogP contribution in [0.4, 0.5) is 11.4 Å². The van der Waals surface area contributed by atoms with Crippen molar-refractivity contribution in [3.8, 4) is 0 Å². The molecule has 7 nitrogen and oxygen atoms in total. The predicted molar refractivity (Wildman–Crippen MR) is 106 cm³/mol. The van der Waals surface area contributed by atoms with Crippen LogP contribution in [0.25, 0.3) is 0 Å². The third-order valence-corrected chi connectivity index (χ3v) is 3.53. The van der Waals surface area contributed by atoms with Crippen LogP contribution in [0.5, 0.6) is 0 Å². The molecule has 0 spiro atoms. The Hall–Kier alpha value is -3.61. The molecule has 0 aliphatic carbocycles. The van der Waals surface area contributed by atoms with Gasteiger partial charge in [-0.05, 0) is 44.2 Å². The number of para-hydroxylation sites is 1. The highest BCUT2D eigenvalue weighted by atomic mass is 16.6. The van der Waals surface area contributed by atoms with Gasteiger partial charge in [-0.3, -0.25) is 4.79 Å². The van der Waals surface area contributed by atoms with Gasteiger partial charge in [0.25, 0.3) is 5.91 Å². The number of ether oxygens (including phenoxy) is 2. The van der Waals surface area contributed by atoms with Crippen LogP contribution in [0.1, 0.15) is 24.2 Å². The van der Waals surface area contributed by atoms with Gasteiger partial charge >= 0.3 is 11.9 Å². The Bertz CT molecular complexity index is 842. The summed E-state index contributed by atoms with van der Waals surface area (Å²) >= 11 is 0. The molecule has 2 rings (SSSR count). The fourth-order valence-corrected chi connectivity index (χ4v) is 2.25. The highest BCUT2D eigenvalue weighted by Gasteiger charge is 2.21. The zero-order chi connectivity index (χ0) is 20.4. The molecule has 0 bridgehead atoms. The first kappa shape index (κ1) is 20.7. The predicted octanol–water partition coefficient (Wildman–Crippen LogP) is 3.36. The maximum Gasteiger partial charge on any atom is 0.347 e. The quantitative estimate of drug-likeness (QED) is 0.315. The Balaban J connectivity index is 2.15. The van der Waals surface area contributed by atoms with Crippen LogP contribution in [0.15, 0.2) is 66.4 Å². The Morgan fingerprint density at radius 3 is 2.07 bits per heavy atom. The monoisotopic (exact) mass is 382 g/mol. The molecule has 2 aromatic rings. The van der Waals surface area contributed by atoms with Crippen LogP contribution in [0.2, 0.25) is 0 Å². The van der Waals surface area contributed by atoms with Crippen molar-refractivity contribution < 1.29 is 23.9 Å². The number of esters is 2. The first-order chi connectivity index (χ1) is 13.5. The van der Waals surface area contributed by atoms with Crippen molar-refractivity contribution in [1.82, 2.24) is 0 Å². The average molecular weight is 382 g/mol. The summed E-state index contributed by atoms with van der Waals surface area (Å²) in [6, 6.07) is 15.7. The molecule has 0 aromatic heterocycles. The Labute approximate surface area is 163 Å². The molecular weight excluding hydrogens is 360 g/mol. The molecular formula is C21H22N2O5. The standard InChI is InChI=1S/C21H22N2O5/c1-3-27-20(25)18(21(26)28-4-2)14-22-17-12-8-9-15(13-17)19(24)23-16-10-6-5-7-11-16/h5-14,22H,3-4H2,1-2H3,(H,23,24). The number of amides is 1. The minimum absolute atomic E-state index is 0.130. The molecule has 0 saturated carbocycles. The highest BCUT2D eigenvalue weighted by Crippen LogP contribution is 2.14. The van der Waals surface area contributed by atoms with Crippen LogP contribution >= 0.6 is 0 Å². The highest BCUT2D eigenvalue weighted by molar-refractivity contribution is 6.14. The third kappa shape index (κ3) is 5.98. The SMILES string of the molecule is CCOC(=O)C(=CNc1cccc(C(=O)Nc2ccccc2)c1)C(=O)OCC. The zero-order valence-corrected chi connectivity index (χ0v) is 15.7. The molecule has 28 heavy (non-hydrogen) atoms. The number of hydrogen-bond acceptors (Lipinski definition) is 6. The number of carbonyl (C=O) groups is 3. The van der Waals surface area contributed by atoms with Crippen molar-refractivity contribution >= 4 is 29.2 Å². The fourth-order valence-electron chi connectivity index (χ4n) is 2.25. The molecule has 1 amide bonds. The summed E-state index contributed by atoms with van der Waals surface area (Å²) in [5, 5.41) is 5.63. The molecule has 0 unspecified atom stereocenters. The Kier molecular flexibility index (Phi) is 7.77. The summed E-state index contributed by atoms with van der Waals surface area (Å²) in [4.78, 5) is 36.3. The van der Waals surface area contributed by atoms with Gasteiger partial charge in [0.2, 0.25) is 0 Å².